The van der Waals surface area contributed by atoms with Crippen LogP contribution in [-0.4, -0.2) is 17.9 Å². The second kappa shape index (κ2) is 5.89. The third-order valence-corrected chi connectivity index (χ3v) is 2.34. The maximum absolute atomic E-state index is 11.6. The van der Waals surface area contributed by atoms with Crippen LogP contribution in [0.25, 0.3) is 6.08 Å². The molecule has 3 heteroatoms. The van der Waals surface area contributed by atoms with Crippen molar-refractivity contribution in [2.45, 2.75) is 20.3 Å². The molecule has 0 aliphatic carbocycles. The van der Waals surface area contributed by atoms with E-state index in [1.807, 2.05) is 13.0 Å². The molecule has 1 aromatic rings. The van der Waals surface area contributed by atoms with Crippen LogP contribution < -0.4 is 0 Å². The smallest absolute Gasteiger partial charge is 0.170 e. The number of hydrogen-bond donors (Lipinski definition) is 0. The molecule has 0 fully saturated rings. The maximum Gasteiger partial charge on any atom is 0.170 e. The number of rotatable bonds is 5. The summed E-state index contributed by atoms with van der Waals surface area (Å²) >= 11 is 0. The zero-order chi connectivity index (χ0) is 12.8. The van der Waals surface area contributed by atoms with E-state index < -0.39 is 0 Å². The minimum absolute atomic E-state index is 0.0497. The molecule has 0 bridgehead atoms. The van der Waals surface area contributed by atoms with E-state index in [1.54, 1.807) is 18.2 Å². The Morgan fingerprint density at radius 1 is 1.29 bits per heavy atom. The molecule has 0 aliphatic rings. The van der Waals surface area contributed by atoms with Crippen molar-refractivity contribution in [3.63, 3.8) is 0 Å². The van der Waals surface area contributed by atoms with Gasteiger partial charge < -0.3 is 4.79 Å². The van der Waals surface area contributed by atoms with Crippen LogP contribution >= 0.6 is 0 Å². The number of hydrogen-bond acceptors (Lipinski definition) is 3. The van der Waals surface area contributed by atoms with E-state index >= 15 is 0 Å². The highest BCUT2D eigenvalue weighted by molar-refractivity contribution is 6.04. The zero-order valence-corrected chi connectivity index (χ0v) is 9.90. The Bertz CT molecular complexity index is 484. The third-order valence-electron chi connectivity index (χ3n) is 2.34. The summed E-state index contributed by atoms with van der Waals surface area (Å²) in [5.41, 5.74) is 2.14. The summed E-state index contributed by atoms with van der Waals surface area (Å²) in [7, 11) is 0. The molecule has 0 radical (unpaired) electrons. The monoisotopic (exact) mass is 230 g/mol. The van der Waals surface area contributed by atoms with Crippen molar-refractivity contribution in [3.05, 3.63) is 41.0 Å². The molecule has 1 rings (SSSR count). The predicted molar refractivity (Wildman–Crippen MR) is 65.9 cm³/mol. The van der Waals surface area contributed by atoms with Gasteiger partial charge in [0.25, 0.3) is 0 Å². The van der Waals surface area contributed by atoms with Gasteiger partial charge in [-0.1, -0.05) is 18.2 Å². The van der Waals surface area contributed by atoms with Crippen LogP contribution in [0.2, 0.25) is 0 Å². The van der Waals surface area contributed by atoms with E-state index in [2.05, 4.69) is 0 Å². The minimum Gasteiger partial charge on any atom is -0.303 e. The van der Waals surface area contributed by atoms with Gasteiger partial charge in [0.1, 0.15) is 6.29 Å². The second-order valence-electron chi connectivity index (χ2n) is 3.81. The maximum atomic E-state index is 11.6. The van der Waals surface area contributed by atoms with Crippen LogP contribution in [0.4, 0.5) is 0 Å². The fraction of sp³-hybridized carbons (Fsp3) is 0.214. The summed E-state index contributed by atoms with van der Waals surface area (Å²) in [6.07, 6.45) is 3.58. The summed E-state index contributed by atoms with van der Waals surface area (Å²) < 4.78 is 0. The van der Waals surface area contributed by atoms with Crippen LogP contribution in [0.15, 0.2) is 24.3 Å². The molecular weight excluding hydrogens is 216 g/mol. The van der Waals surface area contributed by atoms with E-state index in [1.165, 1.54) is 13.0 Å². The molecule has 17 heavy (non-hydrogen) atoms. The minimum atomic E-state index is -0.199. The summed E-state index contributed by atoms with van der Waals surface area (Å²) in [5, 5.41) is 0. The first-order valence-corrected chi connectivity index (χ1v) is 5.30. The molecule has 1 aromatic carbocycles. The van der Waals surface area contributed by atoms with Crippen molar-refractivity contribution in [3.8, 4) is 0 Å². The molecule has 0 heterocycles. The molecule has 0 spiro atoms. The number of carbonyl (C=O) groups excluding carboxylic acids is 3. The average molecular weight is 230 g/mol. The Hall–Kier alpha value is -2.03. The quantitative estimate of drug-likeness (QED) is 0.338. The van der Waals surface area contributed by atoms with Crippen molar-refractivity contribution in [2.24, 2.45) is 0 Å². The molecule has 0 saturated carbocycles. The summed E-state index contributed by atoms with van der Waals surface area (Å²) in [5.74, 6) is -0.248. The van der Waals surface area contributed by atoms with Gasteiger partial charge in [-0.25, -0.2) is 0 Å². The van der Waals surface area contributed by atoms with Crippen molar-refractivity contribution < 1.29 is 14.4 Å². The molecule has 88 valence electrons. The van der Waals surface area contributed by atoms with Crippen molar-refractivity contribution >= 4 is 23.9 Å². The van der Waals surface area contributed by atoms with Crippen molar-refractivity contribution in [1.29, 1.82) is 0 Å². The van der Waals surface area contributed by atoms with Crippen LogP contribution in [0.5, 0.6) is 0 Å². The van der Waals surface area contributed by atoms with E-state index in [9.17, 15) is 14.4 Å². The highest BCUT2D eigenvalue weighted by atomic mass is 16.1. The van der Waals surface area contributed by atoms with E-state index in [0.717, 1.165) is 11.1 Å². The topological polar surface area (TPSA) is 51.2 Å². The zero-order valence-electron chi connectivity index (χ0n) is 9.90. The number of benzene rings is 1. The summed E-state index contributed by atoms with van der Waals surface area (Å²) in [6.45, 7) is 3.28. The van der Waals surface area contributed by atoms with Gasteiger partial charge in [-0.2, -0.15) is 0 Å². The van der Waals surface area contributed by atoms with Crippen molar-refractivity contribution in [1.82, 2.24) is 0 Å². The first-order valence-electron chi connectivity index (χ1n) is 5.30. The fourth-order valence-corrected chi connectivity index (χ4v) is 1.44. The van der Waals surface area contributed by atoms with Gasteiger partial charge in [-0.15, -0.1) is 0 Å². The molecule has 0 atom stereocenters. The van der Waals surface area contributed by atoms with Crippen LogP contribution in [0.1, 0.15) is 34.8 Å². The van der Waals surface area contributed by atoms with Crippen LogP contribution in [-0.2, 0) is 9.59 Å². The molecule has 0 saturated heterocycles. The van der Waals surface area contributed by atoms with E-state index in [0.29, 0.717) is 11.8 Å². The highest BCUT2D eigenvalue weighted by Crippen LogP contribution is 2.14. The first kappa shape index (κ1) is 13.0. The fourth-order valence-electron chi connectivity index (χ4n) is 1.44. The van der Waals surface area contributed by atoms with E-state index in [4.69, 9.17) is 0 Å². The van der Waals surface area contributed by atoms with Gasteiger partial charge in [0, 0.05) is 5.56 Å². The van der Waals surface area contributed by atoms with Gasteiger partial charge in [0.15, 0.2) is 11.6 Å². The number of aryl methyl sites for hydroxylation is 1. The Kier molecular flexibility index (Phi) is 4.52. The lowest BCUT2D eigenvalue weighted by atomic mass is 10.00. The SMILES string of the molecule is CC(=O)/C=C/c1ccc(C)c(C(=O)CC=O)c1. The standard InChI is InChI=1S/C14H14O3/c1-10-3-5-12(6-4-11(2)16)9-13(10)14(17)7-8-15/h3-6,8-9H,7H2,1-2H3/b6-4+. The number of carbonyl (C=O) groups is 3. The summed E-state index contributed by atoms with van der Waals surface area (Å²) in [4.78, 5) is 32.8. The molecule has 0 aromatic heterocycles. The number of aldehydes is 1. The lowest BCUT2D eigenvalue weighted by molar-refractivity contribution is -0.112. The molecule has 0 amide bonds. The van der Waals surface area contributed by atoms with Gasteiger partial charge in [0.05, 0.1) is 6.42 Å². The Balaban J connectivity index is 3.06. The predicted octanol–water partition coefficient (Wildman–Crippen LogP) is 2.37. The van der Waals surface area contributed by atoms with Crippen LogP contribution in [0.3, 0.4) is 0 Å². The number of allylic oxidation sites excluding steroid dienone is 1. The number of Topliss-reactive ketones (excluding diaryl/α,β-unsaturated/α-hetero) is 1. The molecular formula is C14H14O3. The van der Waals surface area contributed by atoms with Crippen LogP contribution in [0, 0.1) is 6.92 Å². The third kappa shape index (κ3) is 3.79. The molecule has 0 unspecified atom stereocenters. The molecule has 0 N–H and O–H groups in total. The van der Waals surface area contributed by atoms with E-state index in [-0.39, 0.29) is 18.0 Å². The highest BCUT2D eigenvalue weighted by Gasteiger charge is 2.08. The van der Waals surface area contributed by atoms with Gasteiger partial charge in [0.2, 0.25) is 0 Å². The Labute approximate surface area is 100 Å². The van der Waals surface area contributed by atoms with Gasteiger partial charge >= 0.3 is 0 Å². The Morgan fingerprint density at radius 3 is 2.59 bits per heavy atom. The Morgan fingerprint density at radius 2 is 2.00 bits per heavy atom. The second-order valence-corrected chi connectivity index (χ2v) is 3.81. The van der Waals surface area contributed by atoms with Crippen molar-refractivity contribution in [2.75, 3.05) is 0 Å². The molecule has 3 nitrogen and oxygen atoms in total. The number of ketones is 2. The first-order chi connectivity index (χ1) is 8.04. The largest absolute Gasteiger partial charge is 0.303 e. The van der Waals surface area contributed by atoms with Gasteiger partial charge in [-0.3, -0.25) is 9.59 Å². The average Bonchev–Trinajstić information content (AvgIpc) is 2.28. The lowest BCUT2D eigenvalue weighted by Crippen LogP contribution is -2.02. The van der Waals surface area contributed by atoms with Gasteiger partial charge in [-0.05, 0) is 37.1 Å². The molecule has 0 aliphatic heterocycles. The normalized spacial score (nSPS) is 10.5. The summed E-state index contributed by atoms with van der Waals surface area (Å²) in [6, 6.07) is 5.32. The lowest BCUT2D eigenvalue weighted by Gasteiger charge is -2.04.